The second kappa shape index (κ2) is 5.28. The SMILES string of the molecule is CCn1cncc1C1=NN=C(N)CC1c1ccccc1. The fourth-order valence-corrected chi connectivity index (χ4v) is 2.51. The van der Waals surface area contributed by atoms with Crippen LogP contribution in [0.1, 0.15) is 30.5 Å². The zero-order chi connectivity index (χ0) is 13.9. The van der Waals surface area contributed by atoms with E-state index in [1.165, 1.54) is 5.56 Å². The molecule has 5 heteroatoms. The van der Waals surface area contributed by atoms with Crippen molar-refractivity contribution in [1.82, 2.24) is 9.55 Å². The Kier molecular flexibility index (Phi) is 3.33. The number of rotatable bonds is 3. The van der Waals surface area contributed by atoms with Crippen LogP contribution in [0.5, 0.6) is 0 Å². The fraction of sp³-hybridized carbons (Fsp3) is 0.267. The summed E-state index contributed by atoms with van der Waals surface area (Å²) in [5, 5.41) is 8.40. The van der Waals surface area contributed by atoms with Crippen LogP contribution in [-0.2, 0) is 6.54 Å². The van der Waals surface area contributed by atoms with Crippen LogP contribution in [-0.4, -0.2) is 21.1 Å². The molecule has 1 unspecified atom stereocenters. The molecule has 0 fully saturated rings. The van der Waals surface area contributed by atoms with Crippen LogP contribution in [0.2, 0.25) is 0 Å². The maximum absolute atomic E-state index is 5.87. The highest BCUT2D eigenvalue weighted by atomic mass is 15.3. The molecule has 0 bridgehead atoms. The lowest BCUT2D eigenvalue weighted by Crippen LogP contribution is -2.27. The number of imidazole rings is 1. The van der Waals surface area contributed by atoms with Crippen molar-refractivity contribution in [2.24, 2.45) is 15.9 Å². The zero-order valence-corrected chi connectivity index (χ0v) is 11.4. The second-order valence-corrected chi connectivity index (χ2v) is 4.81. The highest BCUT2D eigenvalue weighted by Gasteiger charge is 2.26. The Morgan fingerprint density at radius 3 is 2.80 bits per heavy atom. The van der Waals surface area contributed by atoms with Gasteiger partial charge in [0.1, 0.15) is 5.84 Å². The summed E-state index contributed by atoms with van der Waals surface area (Å²) in [4.78, 5) is 4.22. The molecule has 0 spiro atoms. The molecule has 1 aliphatic rings. The summed E-state index contributed by atoms with van der Waals surface area (Å²) in [5.74, 6) is 0.709. The maximum Gasteiger partial charge on any atom is 0.123 e. The lowest BCUT2D eigenvalue weighted by Gasteiger charge is -2.22. The Balaban J connectivity index is 2.06. The third-order valence-electron chi connectivity index (χ3n) is 3.55. The molecule has 3 rings (SSSR count). The Labute approximate surface area is 117 Å². The van der Waals surface area contributed by atoms with Crippen LogP contribution < -0.4 is 5.73 Å². The molecule has 1 atom stereocenters. The first-order chi connectivity index (χ1) is 9.79. The third-order valence-corrected chi connectivity index (χ3v) is 3.55. The van der Waals surface area contributed by atoms with Gasteiger partial charge in [-0.2, -0.15) is 5.10 Å². The minimum absolute atomic E-state index is 0.135. The molecule has 1 aromatic heterocycles. The first-order valence-electron chi connectivity index (χ1n) is 6.75. The molecule has 1 aromatic carbocycles. The summed E-state index contributed by atoms with van der Waals surface area (Å²) in [6.07, 6.45) is 4.36. The van der Waals surface area contributed by atoms with Gasteiger partial charge in [0.15, 0.2) is 0 Å². The standard InChI is InChI=1S/C15H17N5/c1-2-20-10-17-9-13(20)15-12(8-14(16)18-19-15)11-6-4-3-5-7-11/h3-7,9-10,12H,2,8H2,1H3,(H2,16,18). The van der Waals surface area contributed by atoms with Gasteiger partial charge in [0.2, 0.25) is 0 Å². The number of amidine groups is 1. The summed E-state index contributed by atoms with van der Waals surface area (Å²) >= 11 is 0. The number of hydrogen-bond acceptors (Lipinski definition) is 4. The first kappa shape index (κ1) is 12.6. The van der Waals surface area contributed by atoms with Crippen molar-refractivity contribution in [3.05, 3.63) is 54.1 Å². The van der Waals surface area contributed by atoms with E-state index in [0.717, 1.165) is 18.0 Å². The zero-order valence-electron chi connectivity index (χ0n) is 11.4. The molecule has 20 heavy (non-hydrogen) atoms. The van der Waals surface area contributed by atoms with Gasteiger partial charge in [-0.15, -0.1) is 5.10 Å². The van der Waals surface area contributed by atoms with Crippen LogP contribution in [0.4, 0.5) is 0 Å². The van der Waals surface area contributed by atoms with Gasteiger partial charge in [-0.05, 0) is 12.5 Å². The van der Waals surface area contributed by atoms with E-state index in [1.807, 2.05) is 30.7 Å². The van der Waals surface area contributed by atoms with Crippen molar-refractivity contribution in [3.63, 3.8) is 0 Å². The molecule has 0 amide bonds. The minimum Gasteiger partial charge on any atom is -0.386 e. The largest absolute Gasteiger partial charge is 0.386 e. The molecule has 5 nitrogen and oxygen atoms in total. The van der Waals surface area contributed by atoms with E-state index in [-0.39, 0.29) is 5.92 Å². The quantitative estimate of drug-likeness (QED) is 0.925. The predicted octanol–water partition coefficient (Wildman–Crippen LogP) is 2.15. The van der Waals surface area contributed by atoms with E-state index in [1.54, 1.807) is 0 Å². The Morgan fingerprint density at radius 2 is 2.05 bits per heavy atom. The fourth-order valence-electron chi connectivity index (χ4n) is 2.51. The van der Waals surface area contributed by atoms with Gasteiger partial charge in [-0.25, -0.2) is 4.98 Å². The molecular formula is C15H17N5. The summed E-state index contributed by atoms with van der Waals surface area (Å²) in [6, 6.07) is 10.3. The van der Waals surface area contributed by atoms with Crippen molar-refractivity contribution in [3.8, 4) is 0 Å². The normalized spacial score (nSPS) is 18.6. The van der Waals surface area contributed by atoms with Crippen LogP contribution in [0.15, 0.2) is 53.1 Å². The average molecular weight is 267 g/mol. The molecule has 0 radical (unpaired) electrons. The monoisotopic (exact) mass is 267 g/mol. The number of benzene rings is 1. The molecule has 102 valence electrons. The highest BCUT2D eigenvalue weighted by molar-refractivity contribution is 6.07. The Hall–Kier alpha value is -2.43. The van der Waals surface area contributed by atoms with E-state index < -0.39 is 0 Å². The van der Waals surface area contributed by atoms with E-state index in [0.29, 0.717) is 12.3 Å². The first-order valence-corrected chi connectivity index (χ1v) is 6.75. The number of nitrogens with zero attached hydrogens (tertiary/aromatic N) is 4. The number of aryl methyl sites for hydroxylation is 1. The van der Waals surface area contributed by atoms with Crippen molar-refractivity contribution in [1.29, 1.82) is 0 Å². The molecule has 2 N–H and O–H groups in total. The maximum atomic E-state index is 5.87. The molecule has 0 aliphatic carbocycles. The van der Waals surface area contributed by atoms with Gasteiger partial charge in [0, 0.05) is 18.9 Å². The summed E-state index contributed by atoms with van der Waals surface area (Å²) < 4.78 is 2.08. The summed E-state index contributed by atoms with van der Waals surface area (Å²) in [5.41, 5.74) is 9.02. The highest BCUT2D eigenvalue weighted by Crippen LogP contribution is 2.27. The summed E-state index contributed by atoms with van der Waals surface area (Å²) in [6.45, 7) is 2.94. The van der Waals surface area contributed by atoms with E-state index in [2.05, 4.69) is 38.8 Å². The van der Waals surface area contributed by atoms with Gasteiger partial charge in [-0.1, -0.05) is 30.3 Å². The molecule has 1 aliphatic heterocycles. The molecule has 0 saturated heterocycles. The van der Waals surface area contributed by atoms with Crippen LogP contribution >= 0.6 is 0 Å². The predicted molar refractivity (Wildman–Crippen MR) is 79.9 cm³/mol. The molecule has 2 heterocycles. The molecule has 0 saturated carbocycles. The Bertz CT molecular complexity index is 654. The second-order valence-electron chi connectivity index (χ2n) is 4.81. The number of nitrogens with two attached hydrogens (primary N) is 1. The van der Waals surface area contributed by atoms with E-state index in [4.69, 9.17) is 5.73 Å². The van der Waals surface area contributed by atoms with Gasteiger partial charge < -0.3 is 10.3 Å². The van der Waals surface area contributed by atoms with Gasteiger partial charge in [0.05, 0.1) is 23.9 Å². The van der Waals surface area contributed by atoms with Crippen LogP contribution in [0.25, 0.3) is 0 Å². The van der Waals surface area contributed by atoms with Gasteiger partial charge >= 0.3 is 0 Å². The van der Waals surface area contributed by atoms with Gasteiger partial charge in [-0.3, -0.25) is 0 Å². The van der Waals surface area contributed by atoms with E-state index in [9.17, 15) is 0 Å². The molecule has 2 aromatic rings. The summed E-state index contributed by atoms with van der Waals surface area (Å²) in [7, 11) is 0. The smallest absolute Gasteiger partial charge is 0.123 e. The van der Waals surface area contributed by atoms with Crippen molar-refractivity contribution in [2.45, 2.75) is 25.8 Å². The van der Waals surface area contributed by atoms with Crippen molar-refractivity contribution >= 4 is 11.5 Å². The van der Waals surface area contributed by atoms with Gasteiger partial charge in [0.25, 0.3) is 0 Å². The lowest BCUT2D eigenvalue weighted by molar-refractivity contribution is 0.745. The van der Waals surface area contributed by atoms with E-state index >= 15 is 0 Å². The number of hydrogen-bond donors (Lipinski definition) is 1. The van der Waals surface area contributed by atoms with Crippen molar-refractivity contribution < 1.29 is 0 Å². The van der Waals surface area contributed by atoms with Crippen molar-refractivity contribution in [2.75, 3.05) is 0 Å². The molecular weight excluding hydrogens is 250 g/mol. The van der Waals surface area contributed by atoms with Crippen LogP contribution in [0.3, 0.4) is 0 Å². The third kappa shape index (κ3) is 2.22. The minimum atomic E-state index is 0.135. The topological polar surface area (TPSA) is 68.6 Å². The Morgan fingerprint density at radius 1 is 1.25 bits per heavy atom. The lowest BCUT2D eigenvalue weighted by atomic mass is 9.88. The van der Waals surface area contributed by atoms with Crippen LogP contribution in [0, 0.1) is 0 Å². The number of aromatic nitrogens is 2. The average Bonchev–Trinajstić information content (AvgIpc) is 2.96.